The maximum atomic E-state index is 12.6. The van der Waals surface area contributed by atoms with E-state index in [1.165, 1.54) is 24.8 Å². The minimum Gasteiger partial charge on any atom is -0.305 e. The second-order valence-corrected chi connectivity index (χ2v) is 5.94. The molecule has 3 rings (SSSR count). The number of benzene rings is 1. The molecule has 1 aliphatic carbocycles. The Morgan fingerprint density at radius 1 is 1.33 bits per heavy atom. The summed E-state index contributed by atoms with van der Waals surface area (Å²) in [5, 5.41) is 3.36. The zero-order chi connectivity index (χ0) is 12.6. The minimum absolute atomic E-state index is 0.265. The average Bonchev–Trinajstić information content (AvgIpc) is 2.75. The van der Waals surface area contributed by atoms with E-state index in [0.717, 1.165) is 24.9 Å². The highest BCUT2D eigenvalue weighted by Gasteiger charge is 2.36. The molecule has 1 atom stereocenters. The molecule has 1 saturated carbocycles. The van der Waals surface area contributed by atoms with Crippen molar-refractivity contribution >= 4 is 5.78 Å². The van der Waals surface area contributed by atoms with Crippen LogP contribution in [0.3, 0.4) is 0 Å². The van der Waals surface area contributed by atoms with Crippen LogP contribution in [0.4, 0.5) is 0 Å². The lowest BCUT2D eigenvalue weighted by Crippen LogP contribution is -2.44. The van der Waals surface area contributed by atoms with E-state index in [0.29, 0.717) is 5.92 Å². The van der Waals surface area contributed by atoms with E-state index in [9.17, 15) is 4.79 Å². The fourth-order valence-corrected chi connectivity index (χ4v) is 3.08. The molecular weight excluding hydrogens is 222 g/mol. The summed E-state index contributed by atoms with van der Waals surface area (Å²) in [6.45, 7) is 3.00. The largest absolute Gasteiger partial charge is 0.305 e. The molecule has 1 aromatic rings. The molecule has 0 amide bonds. The summed E-state index contributed by atoms with van der Waals surface area (Å²) >= 11 is 0. The lowest BCUT2D eigenvalue weighted by molar-refractivity contribution is 0.0884. The molecule has 1 aliphatic heterocycles. The first-order valence-electron chi connectivity index (χ1n) is 7.09. The van der Waals surface area contributed by atoms with E-state index in [4.69, 9.17) is 0 Å². The zero-order valence-corrected chi connectivity index (χ0v) is 11.0. The van der Waals surface area contributed by atoms with Gasteiger partial charge in [0.1, 0.15) is 0 Å². The highest BCUT2D eigenvalue weighted by molar-refractivity contribution is 6.03. The number of Topliss-reactive ketones (excluding diaryl/α,β-unsaturated/α-hetero) is 1. The zero-order valence-electron chi connectivity index (χ0n) is 11.0. The van der Waals surface area contributed by atoms with Gasteiger partial charge in [-0.25, -0.2) is 0 Å². The number of hydrogen-bond donors (Lipinski definition) is 1. The van der Waals surface area contributed by atoms with Gasteiger partial charge in [-0.2, -0.15) is 0 Å². The lowest BCUT2D eigenvalue weighted by atomic mass is 9.79. The third-order valence-corrected chi connectivity index (χ3v) is 4.60. The predicted octanol–water partition coefficient (Wildman–Crippen LogP) is 3.28. The van der Waals surface area contributed by atoms with Crippen molar-refractivity contribution < 1.29 is 4.79 Å². The van der Waals surface area contributed by atoms with Crippen LogP contribution in [0.5, 0.6) is 0 Å². The predicted molar refractivity (Wildman–Crippen MR) is 73.0 cm³/mol. The summed E-state index contributed by atoms with van der Waals surface area (Å²) in [6, 6.07) is 8.30. The van der Waals surface area contributed by atoms with Gasteiger partial charge in [-0.1, -0.05) is 24.6 Å². The van der Waals surface area contributed by atoms with Gasteiger partial charge < -0.3 is 5.32 Å². The maximum Gasteiger partial charge on any atom is 0.182 e. The van der Waals surface area contributed by atoms with Crippen molar-refractivity contribution in [1.82, 2.24) is 5.32 Å². The molecule has 96 valence electrons. The van der Waals surface area contributed by atoms with Crippen LogP contribution in [0.25, 0.3) is 0 Å². The molecular formula is C16H21NO. The second-order valence-electron chi connectivity index (χ2n) is 5.94. The number of rotatable bonds is 3. The van der Waals surface area contributed by atoms with Crippen molar-refractivity contribution in [2.75, 3.05) is 6.54 Å². The SMILES string of the molecule is CC1(C(=O)c2cccc(C3CCC3)c2)CCCN1. The summed E-state index contributed by atoms with van der Waals surface area (Å²) in [7, 11) is 0. The Kier molecular flexibility index (Phi) is 2.98. The number of carbonyl (C=O) groups is 1. The number of nitrogens with one attached hydrogen (secondary N) is 1. The molecule has 1 aromatic carbocycles. The smallest absolute Gasteiger partial charge is 0.182 e. The van der Waals surface area contributed by atoms with E-state index in [-0.39, 0.29) is 11.3 Å². The second kappa shape index (κ2) is 4.51. The van der Waals surface area contributed by atoms with Gasteiger partial charge in [0.2, 0.25) is 0 Å². The van der Waals surface area contributed by atoms with Crippen LogP contribution >= 0.6 is 0 Å². The summed E-state index contributed by atoms with van der Waals surface area (Å²) in [6.07, 6.45) is 5.96. The van der Waals surface area contributed by atoms with Crippen LogP contribution in [-0.4, -0.2) is 17.9 Å². The standard InChI is InChI=1S/C16H21NO/c1-16(9-4-10-17-16)15(18)14-8-3-7-13(11-14)12-5-2-6-12/h3,7-8,11-12,17H,2,4-6,9-10H2,1H3. The van der Waals surface area contributed by atoms with Gasteiger partial charge in [-0.05, 0) is 56.7 Å². The highest BCUT2D eigenvalue weighted by atomic mass is 16.1. The van der Waals surface area contributed by atoms with Crippen LogP contribution < -0.4 is 5.32 Å². The molecule has 1 N–H and O–H groups in total. The van der Waals surface area contributed by atoms with Gasteiger partial charge in [0.25, 0.3) is 0 Å². The molecule has 2 fully saturated rings. The van der Waals surface area contributed by atoms with Gasteiger partial charge in [-0.15, -0.1) is 0 Å². The van der Waals surface area contributed by atoms with Crippen molar-refractivity contribution in [1.29, 1.82) is 0 Å². The van der Waals surface area contributed by atoms with Crippen molar-refractivity contribution in [2.45, 2.75) is 50.5 Å². The summed E-state index contributed by atoms with van der Waals surface area (Å²) in [5.41, 5.74) is 1.91. The van der Waals surface area contributed by atoms with E-state index in [2.05, 4.69) is 17.4 Å². The Labute approximate surface area is 109 Å². The van der Waals surface area contributed by atoms with Crippen LogP contribution in [0.1, 0.15) is 60.9 Å². The topological polar surface area (TPSA) is 29.1 Å². The molecule has 1 heterocycles. The minimum atomic E-state index is -0.335. The van der Waals surface area contributed by atoms with Crippen molar-refractivity contribution in [3.05, 3.63) is 35.4 Å². The molecule has 2 nitrogen and oxygen atoms in total. The lowest BCUT2D eigenvalue weighted by Gasteiger charge is -2.27. The van der Waals surface area contributed by atoms with Crippen molar-refractivity contribution in [3.8, 4) is 0 Å². The molecule has 2 aliphatic rings. The molecule has 0 spiro atoms. The van der Waals surface area contributed by atoms with E-state index < -0.39 is 0 Å². The van der Waals surface area contributed by atoms with Gasteiger partial charge in [-0.3, -0.25) is 4.79 Å². The summed E-state index contributed by atoms with van der Waals surface area (Å²) in [4.78, 5) is 12.6. The fraction of sp³-hybridized carbons (Fsp3) is 0.562. The normalized spacial score (nSPS) is 28.1. The van der Waals surface area contributed by atoms with Crippen LogP contribution in [0, 0.1) is 0 Å². The van der Waals surface area contributed by atoms with E-state index >= 15 is 0 Å². The molecule has 1 unspecified atom stereocenters. The van der Waals surface area contributed by atoms with Gasteiger partial charge in [0, 0.05) is 5.56 Å². The fourth-order valence-electron chi connectivity index (χ4n) is 3.08. The number of carbonyl (C=O) groups excluding carboxylic acids is 1. The van der Waals surface area contributed by atoms with Crippen molar-refractivity contribution in [2.24, 2.45) is 0 Å². The van der Waals surface area contributed by atoms with Crippen LogP contribution in [0.15, 0.2) is 24.3 Å². The molecule has 0 aromatic heterocycles. The summed E-state index contributed by atoms with van der Waals surface area (Å²) in [5.74, 6) is 0.961. The summed E-state index contributed by atoms with van der Waals surface area (Å²) < 4.78 is 0. The van der Waals surface area contributed by atoms with Gasteiger partial charge in [0.15, 0.2) is 5.78 Å². The monoisotopic (exact) mass is 243 g/mol. The number of hydrogen-bond acceptors (Lipinski definition) is 2. The molecule has 0 radical (unpaired) electrons. The first-order chi connectivity index (χ1) is 8.69. The average molecular weight is 243 g/mol. The Bertz CT molecular complexity index is 456. The molecule has 1 saturated heterocycles. The quantitative estimate of drug-likeness (QED) is 0.825. The third-order valence-electron chi connectivity index (χ3n) is 4.60. The Morgan fingerprint density at radius 2 is 2.17 bits per heavy atom. The highest BCUT2D eigenvalue weighted by Crippen LogP contribution is 2.37. The molecule has 2 heteroatoms. The van der Waals surface area contributed by atoms with E-state index in [1.54, 1.807) is 0 Å². The maximum absolute atomic E-state index is 12.6. The molecule has 0 bridgehead atoms. The molecule has 18 heavy (non-hydrogen) atoms. The van der Waals surface area contributed by atoms with Gasteiger partial charge >= 0.3 is 0 Å². The van der Waals surface area contributed by atoms with Gasteiger partial charge in [0.05, 0.1) is 5.54 Å². The third kappa shape index (κ3) is 1.99. The van der Waals surface area contributed by atoms with Crippen LogP contribution in [-0.2, 0) is 0 Å². The van der Waals surface area contributed by atoms with Crippen LogP contribution in [0.2, 0.25) is 0 Å². The first-order valence-corrected chi connectivity index (χ1v) is 7.09. The Balaban J connectivity index is 1.84. The van der Waals surface area contributed by atoms with E-state index in [1.807, 2.05) is 19.1 Å². The number of ketones is 1. The first kappa shape index (κ1) is 11.9. The Morgan fingerprint density at radius 3 is 2.78 bits per heavy atom. The van der Waals surface area contributed by atoms with Crippen molar-refractivity contribution in [3.63, 3.8) is 0 Å². The Hall–Kier alpha value is -1.15.